The van der Waals surface area contributed by atoms with Crippen LogP contribution in [0.2, 0.25) is 0 Å². The van der Waals surface area contributed by atoms with E-state index in [2.05, 4.69) is 39.7 Å². The molecule has 1 aliphatic heterocycles. The van der Waals surface area contributed by atoms with Gasteiger partial charge in [0, 0.05) is 32.2 Å². The number of likely N-dealkylation sites (N-methyl/N-ethyl adjacent to an activating group) is 1. The quantitative estimate of drug-likeness (QED) is 0.789. The van der Waals surface area contributed by atoms with Gasteiger partial charge in [-0.25, -0.2) is 0 Å². The zero-order valence-corrected chi connectivity index (χ0v) is 10.6. The van der Waals surface area contributed by atoms with Gasteiger partial charge in [-0.1, -0.05) is 6.92 Å². The number of hydrogen-bond donors (Lipinski definition) is 2. The van der Waals surface area contributed by atoms with E-state index in [1.165, 1.54) is 0 Å². The van der Waals surface area contributed by atoms with Crippen LogP contribution in [-0.4, -0.2) is 54.4 Å². The molecule has 94 valence electrons. The van der Waals surface area contributed by atoms with Crippen molar-refractivity contribution in [3.8, 4) is 0 Å². The van der Waals surface area contributed by atoms with Crippen LogP contribution in [0.25, 0.3) is 0 Å². The van der Waals surface area contributed by atoms with E-state index in [0.717, 1.165) is 44.1 Å². The third-order valence-corrected chi connectivity index (χ3v) is 3.25. The molecular formula is C12H21N5. The first-order chi connectivity index (χ1) is 8.29. The van der Waals surface area contributed by atoms with Crippen LogP contribution in [0.5, 0.6) is 0 Å². The van der Waals surface area contributed by atoms with Crippen molar-refractivity contribution >= 4 is 5.82 Å². The maximum Gasteiger partial charge on any atom is 0.148 e. The Morgan fingerprint density at radius 1 is 1.47 bits per heavy atom. The van der Waals surface area contributed by atoms with Crippen molar-refractivity contribution in [1.82, 2.24) is 20.4 Å². The van der Waals surface area contributed by atoms with Crippen molar-refractivity contribution < 1.29 is 0 Å². The lowest BCUT2D eigenvalue weighted by molar-refractivity contribution is 0.209. The second-order valence-corrected chi connectivity index (χ2v) is 4.48. The smallest absolute Gasteiger partial charge is 0.148 e. The van der Waals surface area contributed by atoms with E-state index < -0.39 is 0 Å². The zero-order chi connectivity index (χ0) is 12.1. The number of rotatable bonds is 4. The van der Waals surface area contributed by atoms with Gasteiger partial charge in [0.2, 0.25) is 0 Å². The first-order valence-corrected chi connectivity index (χ1v) is 6.27. The standard InChI is InChI=1S/C12H21N5/c1-3-10-4-5-12(16-15-10)14-9-11-8-13-6-7-17(11)2/h4-5,11,13H,3,6-9H2,1-2H3,(H,14,16). The molecule has 0 aliphatic carbocycles. The Morgan fingerprint density at radius 3 is 3.00 bits per heavy atom. The summed E-state index contributed by atoms with van der Waals surface area (Å²) in [6.07, 6.45) is 0.933. The summed E-state index contributed by atoms with van der Waals surface area (Å²) in [6, 6.07) is 4.55. The van der Waals surface area contributed by atoms with Crippen LogP contribution >= 0.6 is 0 Å². The molecule has 1 aromatic heterocycles. The minimum absolute atomic E-state index is 0.524. The Kier molecular flexibility index (Phi) is 4.28. The van der Waals surface area contributed by atoms with Gasteiger partial charge in [-0.15, -0.1) is 5.10 Å². The highest BCUT2D eigenvalue weighted by atomic mass is 15.2. The van der Waals surface area contributed by atoms with E-state index >= 15 is 0 Å². The van der Waals surface area contributed by atoms with Gasteiger partial charge in [0.05, 0.1) is 5.69 Å². The van der Waals surface area contributed by atoms with Crippen LogP contribution in [0, 0.1) is 0 Å². The molecule has 17 heavy (non-hydrogen) atoms. The lowest BCUT2D eigenvalue weighted by Crippen LogP contribution is -2.52. The Labute approximate surface area is 103 Å². The fourth-order valence-electron chi connectivity index (χ4n) is 1.96. The fraction of sp³-hybridized carbons (Fsp3) is 0.667. The van der Waals surface area contributed by atoms with Gasteiger partial charge in [0.15, 0.2) is 0 Å². The molecule has 2 heterocycles. The third-order valence-electron chi connectivity index (χ3n) is 3.25. The number of nitrogens with zero attached hydrogens (tertiary/aromatic N) is 3. The van der Waals surface area contributed by atoms with E-state index in [-0.39, 0.29) is 0 Å². The van der Waals surface area contributed by atoms with Gasteiger partial charge in [0.25, 0.3) is 0 Å². The fourth-order valence-corrected chi connectivity index (χ4v) is 1.96. The molecule has 0 aromatic carbocycles. The summed E-state index contributed by atoms with van der Waals surface area (Å²) in [5, 5.41) is 15.0. The molecule has 5 nitrogen and oxygen atoms in total. The summed E-state index contributed by atoms with van der Waals surface area (Å²) < 4.78 is 0. The molecule has 0 spiro atoms. The molecule has 0 saturated carbocycles. The van der Waals surface area contributed by atoms with Crippen molar-refractivity contribution in [2.75, 3.05) is 38.5 Å². The normalized spacial score (nSPS) is 21.4. The van der Waals surface area contributed by atoms with Gasteiger partial charge in [-0.2, -0.15) is 5.10 Å². The Morgan fingerprint density at radius 2 is 2.35 bits per heavy atom. The summed E-state index contributed by atoms with van der Waals surface area (Å²) >= 11 is 0. The summed E-state index contributed by atoms with van der Waals surface area (Å²) in [6.45, 7) is 6.21. The molecule has 0 amide bonds. The largest absolute Gasteiger partial charge is 0.367 e. The van der Waals surface area contributed by atoms with Gasteiger partial charge >= 0.3 is 0 Å². The topological polar surface area (TPSA) is 53.1 Å². The van der Waals surface area contributed by atoms with Crippen molar-refractivity contribution in [3.63, 3.8) is 0 Å². The number of aromatic nitrogens is 2. The van der Waals surface area contributed by atoms with Crippen molar-refractivity contribution in [1.29, 1.82) is 0 Å². The molecular weight excluding hydrogens is 214 g/mol. The highest BCUT2D eigenvalue weighted by Gasteiger charge is 2.17. The Balaban J connectivity index is 1.84. The number of aryl methyl sites for hydroxylation is 1. The first-order valence-electron chi connectivity index (χ1n) is 6.27. The third kappa shape index (κ3) is 3.38. The Bertz CT molecular complexity index is 337. The molecule has 1 aromatic rings. The van der Waals surface area contributed by atoms with E-state index in [4.69, 9.17) is 0 Å². The van der Waals surface area contributed by atoms with Crippen LogP contribution in [0.1, 0.15) is 12.6 Å². The summed E-state index contributed by atoms with van der Waals surface area (Å²) in [4.78, 5) is 2.37. The number of hydrogen-bond acceptors (Lipinski definition) is 5. The molecule has 0 bridgehead atoms. The predicted molar refractivity (Wildman–Crippen MR) is 69.2 cm³/mol. The molecule has 2 N–H and O–H groups in total. The highest BCUT2D eigenvalue weighted by Crippen LogP contribution is 2.05. The molecule has 1 unspecified atom stereocenters. The number of piperazine rings is 1. The van der Waals surface area contributed by atoms with Crippen LogP contribution < -0.4 is 10.6 Å². The second kappa shape index (κ2) is 5.93. The average Bonchev–Trinajstić information content (AvgIpc) is 2.38. The van der Waals surface area contributed by atoms with Crippen LogP contribution in [0.3, 0.4) is 0 Å². The van der Waals surface area contributed by atoms with E-state index in [0.29, 0.717) is 6.04 Å². The van der Waals surface area contributed by atoms with Crippen molar-refractivity contribution in [3.05, 3.63) is 17.8 Å². The second-order valence-electron chi connectivity index (χ2n) is 4.48. The van der Waals surface area contributed by atoms with Gasteiger partial charge in [-0.3, -0.25) is 4.90 Å². The molecule has 1 atom stereocenters. The van der Waals surface area contributed by atoms with E-state index in [1.807, 2.05) is 12.1 Å². The van der Waals surface area contributed by atoms with Crippen molar-refractivity contribution in [2.24, 2.45) is 0 Å². The van der Waals surface area contributed by atoms with Crippen LogP contribution in [0.4, 0.5) is 5.82 Å². The minimum atomic E-state index is 0.524. The summed E-state index contributed by atoms with van der Waals surface area (Å²) in [5.41, 5.74) is 1.03. The zero-order valence-electron chi connectivity index (χ0n) is 10.6. The molecule has 0 radical (unpaired) electrons. The molecule has 1 aliphatic rings. The van der Waals surface area contributed by atoms with Crippen LogP contribution in [0.15, 0.2) is 12.1 Å². The maximum absolute atomic E-state index is 4.16. The van der Waals surface area contributed by atoms with Gasteiger partial charge < -0.3 is 10.6 Å². The minimum Gasteiger partial charge on any atom is -0.367 e. The van der Waals surface area contributed by atoms with Crippen LogP contribution in [-0.2, 0) is 6.42 Å². The maximum atomic E-state index is 4.16. The van der Waals surface area contributed by atoms with Gasteiger partial charge in [0.1, 0.15) is 5.82 Å². The summed E-state index contributed by atoms with van der Waals surface area (Å²) in [7, 11) is 2.17. The number of nitrogens with one attached hydrogen (secondary N) is 2. The predicted octanol–water partition coefficient (Wildman–Crippen LogP) is 0.354. The molecule has 1 fully saturated rings. The lowest BCUT2D eigenvalue weighted by Gasteiger charge is -2.33. The van der Waals surface area contributed by atoms with E-state index in [1.54, 1.807) is 0 Å². The average molecular weight is 235 g/mol. The monoisotopic (exact) mass is 235 g/mol. The SMILES string of the molecule is CCc1ccc(NCC2CNCCN2C)nn1. The molecule has 2 rings (SSSR count). The van der Waals surface area contributed by atoms with Gasteiger partial charge in [-0.05, 0) is 25.6 Å². The Hall–Kier alpha value is -1.20. The van der Waals surface area contributed by atoms with E-state index in [9.17, 15) is 0 Å². The molecule has 5 heteroatoms. The summed E-state index contributed by atoms with van der Waals surface area (Å²) in [5.74, 6) is 0.862. The molecule has 1 saturated heterocycles. The highest BCUT2D eigenvalue weighted by molar-refractivity contribution is 5.33. The van der Waals surface area contributed by atoms with Crippen molar-refractivity contribution in [2.45, 2.75) is 19.4 Å². The lowest BCUT2D eigenvalue weighted by atomic mass is 10.2. The first kappa shape index (κ1) is 12.3. The number of anilines is 1.